The Morgan fingerprint density at radius 3 is 2.75 bits per heavy atom. The number of carboxylic acids is 1. The molecule has 1 unspecified atom stereocenters. The van der Waals surface area contributed by atoms with Crippen molar-refractivity contribution in [2.45, 2.75) is 19.8 Å². The first-order valence-electron chi connectivity index (χ1n) is 6.17. The highest BCUT2D eigenvalue weighted by Gasteiger charge is 2.39. The third-order valence-corrected chi connectivity index (χ3v) is 4.23. The average Bonchev–Trinajstić information content (AvgIpc) is 2.41. The predicted molar refractivity (Wildman–Crippen MR) is 75.1 cm³/mol. The first-order valence-corrected chi connectivity index (χ1v) is 6.93. The molecule has 1 saturated heterocycles. The Balaban J connectivity index is 2.20. The molecule has 0 saturated carbocycles. The number of amides is 1. The Kier molecular flexibility index (Phi) is 4.20. The van der Waals surface area contributed by atoms with Gasteiger partial charge >= 0.3 is 5.97 Å². The van der Waals surface area contributed by atoms with Crippen LogP contribution in [0.3, 0.4) is 0 Å². The Labute approximate surface area is 126 Å². The SMILES string of the molecule is CC1(C(=O)O)CCCN(C(=O)c2cnc(Cl)c(Cl)c2)C1. The lowest BCUT2D eigenvalue weighted by Gasteiger charge is -2.37. The minimum absolute atomic E-state index is 0.136. The van der Waals surface area contributed by atoms with Crippen LogP contribution in [-0.4, -0.2) is 40.0 Å². The minimum Gasteiger partial charge on any atom is -0.481 e. The number of pyridine rings is 1. The summed E-state index contributed by atoms with van der Waals surface area (Å²) in [5.74, 6) is -1.16. The van der Waals surface area contributed by atoms with E-state index in [0.29, 0.717) is 24.9 Å². The fourth-order valence-corrected chi connectivity index (χ4v) is 2.58. The molecule has 1 aromatic rings. The average molecular weight is 317 g/mol. The maximum Gasteiger partial charge on any atom is 0.311 e. The molecule has 5 nitrogen and oxygen atoms in total. The predicted octanol–water partition coefficient (Wildman–Crippen LogP) is 2.72. The van der Waals surface area contributed by atoms with Gasteiger partial charge in [0.1, 0.15) is 5.15 Å². The highest BCUT2D eigenvalue weighted by atomic mass is 35.5. The normalized spacial score (nSPS) is 22.6. The summed E-state index contributed by atoms with van der Waals surface area (Å²) in [4.78, 5) is 29.0. The Morgan fingerprint density at radius 2 is 2.15 bits per heavy atom. The molecule has 0 aliphatic carbocycles. The maximum absolute atomic E-state index is 12.4. The number of hydrogen-bond donors (Lipinski definition) is 1. The Bertz CT molecular complexity index is 565. The number of hydrogen-bond acceptors (Lipinski definition) is 3. The monoisotopic (exact) mass is 316 g/mol. The van der Waals surface area contributed by atoms with E-state index in [0.717, 1.165) is 0 Å². The van der Waals surface area contributed by atoms with Crippen molar-refractivity contribution < 1.29 is 14.7 Å². The Hall–Kier alpha value is -1.33. The van der Waals surface area contributed by atoms with Crippen molar-refractivity contribution >= 4 is 35.1 Å². The second-order valence-electron chi connectivity index (χ2n) is 5.19. The highest BCUT2D eigenvalue weighted by molar-refractivity contribution is 6.41. The molecule has 1 aromatic heterocycles. The van der Waals surface area contributed by atoms with Gasteiger partial charge < -0.3 is 10.0 Å². The molecule has 2 rings (SSSR count). The lowest BCUT2D eigenvalue weighted by atomic mass is 9.82. The van der Waals surface area contributed by atoms with Crippen LogP contribution in [-0.2, 0) is 4.79 Å². The van der Waals surface area contributed by atoms with Gasteiger partial charge in [-0.05, 0) is 25.8 Å². The second kappa shape index (κ2) is 5.58. The second-order valence-corrected chi connectivity index (χ2v) is 5.96. The van der Waals surface area contributed by atoms with Crippen molar-refractivity contribution in [1.82, 2.24) is 9.88 Å². The van der Waals surface area contributed by atoms with Crippen LogP contribution in [0.15, 0.2) is 12.3 Å². The summed E-state index contributed by atoms with van der Waals surface area (Å²) in [6.45, 7) is 2.37. The number of nitrogens with zero attached hydrogens (tertiary/aromatic N) is 2. The molecule has 1 N–H and O–H groups in total. The smallest absolute Gasteiger partial charge is 0.311 e. The molecule has 1 aliphatic heterocycles. The first kappa shape index (κ1) is 15.1. The molecule has 0 bridgehead atoms. The summed E-state index contributed by atoms with van der Waals surface area (Å²) >= 11 is 11.6. The van der Waals surface area contributed by atoms with Gasteiger partial charge in [0.05, 0.1) is 16.0 Å². The van der Waals surface area contributed by atoms with E-state index in [1.54, 1.807) is 6.92 Å². The van der Waals surface area contributed by atoms with Gasteiger partial charge in [-0.25, -0.2) is 4.98 Å². The molecule has 0 spiro atoms. The van der Waals surface area contributed by atoms with E-state index < -0.39 is 11.4 Å². The third kappa shape index (κ3) is 2.88. The van der Waals surface area contributed by atoms with Crippen molar-refractivity contribution in [3.63, 3.8) is 0 Å². The summed E-state index contributed by atoms with van der Waals surface area (Å²) in [6, 6.07) is 1.45. The minimum atomic E-state index is -0.905. The van der Waals surface area contributed by atoms with Crippen LogP contribution >= 0.6 is 23.2 Å². The van der Waals surface area contributed by atoms with Crippen LogP contribution in [0.25, 0.3) is 0 Å². The van der Waals surface area contributed by atoms with E-state index in [-0.39, 0.29) is 22.6 Å². The number of likely N-dealkylation sites (tertiary alicyclic amines) is 1. The number of carbonyl (C=O) groups is 2. The van der Waals surface area contributed by atoms with Gasteiger partial charge in [-0.3, -0.25) is 9.59 Å². The van der Waals surface area contributed by atoms with Gasteiger partial charge in [0.25, 0.3) is 5.91 Å². The zero-order valence-electron chi connectivity index (χ0n) is 10.9. The van der Waals surface area contributed by atoms with E-state index in [1.165, 1.54) is 17.2 Å². The highest BCUT2D eigenvalue weighted by Crippen LogP contribution is 2.31. The maximum atomic E-state index is 12.4. The van der Waals surface area contributed by atoms with Crippen molar-refractivity contribution in [3.8, 4) is 0 Å². The number of carboxylic acid groups (broad SMARTS) is 1. The van der Waals surface area contributed by atoms with Gasteiger partial charge in [-0.15, -0.1) is 0 Å². The lowest BCUT2D eigenvalue weighted by molar-refractivity contribution is -0.150. The largest absolute Gasteiger partial charge is 0.481 e. The number of carbonyl (C=O) groups excluding carboxylic acids is 1. The Morgan fingerprint density at radius 1 is 1.45 bits per heavy atom. The van der Waals surface area contributed by atoms with Gasteiger partial charge in [-0.1, -0.05) is 23.2 Å². The first-order chi connectivity index (χ1) is 9.33. The van der Waals surface area contributed by atoms with Gasteiger partial charge in [-0.2, -0.15) is 0 Å². The molecule has 2 heterocycles. The molecular formula is C13H14Cl2N2O3. The van der Waals surface area contributed by atoms with E-state index in [2.05, 4.69) is 4.98 Å². The van der Waals surface area contributed by atoms with Crippen molar-refractivity contribution in [1.29, 1.82) is 0 Å². The van der Waals surface area contributed by atoms with Crippen LogP contribution in [0.5, 0.6) is 0 Å². The third-order valence-electron chi connectivity index (χ3n) is 3.54. The zero-order valence-corrected chi connectivity index (χ0v) is 12.4. The molecule has 1 aliphatic rings. The standard InChI is InChI=1S/C13H14Cl2N2O3/c1-13(12(19)20)3-2-4-17(7-13)11(18)8-5-9(14)10(15)16-6-8/h5-6H,2-4,7H2,1H3,(H,19,20). The van der Waals surface area contributed by atoms with Gasteiger partial charge in [0.2, 0.25) is 0 Å². The molecule has 20 heavy (non-hydrogen) atoms. The van der Waals surface area contributed by atoms with E-state index in [1.807, 2.05) is 0 Å². The van der Waals surface area contributed by atoms with Gasteiger partial charge in [0.15, 0.2) is 0 Å². The van der Waals surface area contributed by atoms with E-state index in [4.69, 9.17) is 23.2 Å². The quantitative estimate of drug-likeness (QED) is 0.852. The van der Waals surface area contributed by atoms with E-state index >= 15 is 0 Å². The summed E-state index contributed by atoms with van der Waals surface area (Å²) in [5.41, 5.74) is -0.591. The van der Waals surface area contributed by atoms with Crippen molar-refractivity contribution in [2.75, 3.05) is 13.1 Å². The fraction of sp³-hybridized carbons (Fsp3) is 0.462. The number of halogens is 2. The molecular weight excluding hydrogens is 303 g/mol. The number of aliphatic carboxylic acids is 1. The lowest BCUT2D eigenvalue weighted by Crippen LogP contribution is -2.48. The van der Waals surface area contributed by atoms with E-state index in [9.17, 15) is 14.7 Å². The van der Waals surface area contributed by atoms with Crippen molar-refractivity contribution in [2.24, 2.45) is 5.41 Å². The molecule has 7 heteroatoms. The number of rotatable bonds is 2. The summed E-state index contributed by atoms with van der Waals surface area (Å²) in [6.07, 6.45) is 2.57. The van der Waals surface area contributed by atoms with Crippen molar-refractivity contribution in [3.05, 3.63) is 28.0 Å². The van der Waals surface area contributed by atoms with Crippen LogP contribution < -0.4 is 0 Å². The summed E-state index contributed by atoms with van der Waals surface area (Å²) < 4.78 is 0. The molecule has 1 fully saturated rings. The van der Waals surface area contributed by atoms with Crippen LogP contribution in [0, 0.1) is 5.41 Å². The number of piperidine rings is 1. The molecule has 1 amide bonds. The topological polar surface area (TPSA) is 70.5 Å². The molecule has 1 atom stereocenters. The molecule has 0 radical (unpaired) electrons. The molecule has 108 valence electrons. The fourth-order valence-electron chi connectivity index (χ4n) is 2.31. The van der Waals surface area contributed by atoms with Gasteiger partial charge in [0, 0.05) is 19.3 Å². The van der Waals surface area contributed by atoms with Crippen LogP contribution in [0.1, 0.15) is 30.1 Å². The molecule has 0 aromatic carbocycles. The summed E-state index contributed by atoms with van der Waals surface area (Å²) in [7, 11) is 0. The zero-order chi connectivity index (χ0) is 14.9. The van der Waals surface area contributed by atoms with Crippen LogP contribution in [0.4, 0.5) is 0 Å². The number of aromatic nitrogens is 1. The summed E-state index contributed by atoms with van der Waals surface area (Å²) in [5, 5.41) is 9.60. The van der Waals surface area contributed by atoms with Crippen LogP contribution in [0.2, 0.25) is 10.2 Å².